The van der Waals surface area contributed by atoms with Crippen molar-refractivity contribution in [2.75, 3.05) is 6.61 Å². The summed E-state index contributed by atoms with van der Waals surface area (Å²) in [4.78, 5) is 15.0. The molecule has 23 heavy (non-hydrogen) atoms. The average Bonchev–Trinajstić information content (AvgIpc) is 2.99. The minimum Gasteiger partial charge on any atom is -0.489 e. The molecule has 4 nitrogen and oxygen atoms in total. The summed E-state index contributed by atoms with van der Waals surface area (Å²) in [6.45, 7) is 3.38. The third-order valence-corrected chi connectivity index (χ3v) is 4.36. The molecule has 1 heterocycles. The molecule has 124 valence electrons. The maximum Gasteiger partial charge on any atom is 0.139 e. The van der Waals surface area contributed by atoms with Crippen LogP contribution in [0.4, 0.5) is 0 Å². The molecule has 1 aromatic heterocycles. The molecule has 2 aromatic rings. The fraction of sp³-hybridized carbons (Fsp3) is 0.353. The molecule has 0 aliphatic rings. The number of ether oxygens (including phenoxy) is 1. The molecule has 6 heteroatoms. The number of aromatic amines is 1. The van der Waals surface area contributed by atoms with Crippen molar-refractivity contribution in [2.45, 2.75) is 25.9 Å². The van der Waals surface area contributed by atoms with Gasteiger partial charge in [-0.25, -0.2) is 0 Å². The van der Waals surface area contributed by atoms with E-state index in [-0.39, 0.29) is 18.3 Å². The Bertz CT molecular complexity index is 658. The van der Waals surface area contributed by atoms with Crippen molar-refractivity contribution in [3.63, 3.8) is 0 Å². The van der Waals surface area contributed by atoms with Crippen molar-refractivity contribution < 1.29 is 14.6 Å². The topological polar surface area (TPSA) is 62.3 Å². The molecule has 0 saturated carbocycles. The molecular formula is C17H19Cl2NO3. The van der Waals surface area contributed by atoms with Crippen molar-refractivity contribution in [1.29, 1.82) is 0 Å². The van der Waals surface area contributed by atoms with E-state index in [1.54, 1.807) is 24.4 Å². The molecule has 1 aromatic carbocycles. The van der Waals surface area contributed by atoms with Crippen molar-refractivity contribution in [2.24, 2.45) is 5.92 Å². The van der Waals surface area contributed by atoms with Gasteiger partial charge in [-0.1, -0.05) is 30.1 Å². The summed E-state index contributed by atoms with van der Waals surface area (Å²) in [7, 11) is 0. The van der Waals surface area contributed by atoms with Crippen molar-refractivity contribution >= 4 is 29.0 Å². The zero-order valence-corrected chi connectivity index (χ0v) is 14.4. The third kappa shape index (κ3) is 4.50. The molecule has 0 spiro atoms. The van der Waals surface area contributed by atoms with Gasteiger partial charge in [0.2, 0.25) is 0 Å². The van der Waals surface area contributed by atoms with E-state index in [4.69, 9.17) is 27.9 Å². The molecule has 0 amide bonds. The molecule has 0 radical (unpaired) electrons. The molecule has 0 fully saturated rings. The molecule has 2 rings (SSSR count). The number of carbonyl (C=O) groups is 1. The van der Waals surface area contributed by atoms with Crippen LogP contribution in [0.5, 0.6) is 5.75 Å². The van der Waals surface area contributed by atoms with E-state index in [0.29, 0.717) is 15.8 Å². The van der Waals surface area contributed by atoms with Crippen LogP contribution in [0.2, 0.25) is 10.0 Å². The predicted octanol–water partition coefficient (Wildman–Crippen LogP) is 4.07. The van der Waals surface area contributed by atoms with E-state index in [1.807, 2.05) is 19.1 Å². The van der Waals surface area contributed by atoms with Gasteiger partial charge >= 0.3 is 0 Å². The summed E-state index contributed by atoms with van der Waals surface area (Å²) in [6.07, 6.45) is 0.938. The second kappa shape index (κ2) is 7.86. The van der Waals surface area contributed by atoms with E-state index in [2.05, 4.69) is 4.98 Å². The highest BCUT2D eigenvalue weighted by atomic mass is 35.5. The lowest BCUT2D eigenvalue weighted by molar-refractivity contribution is -0.120. The maximum absolute atomic E-state index is 11.9. The predicted molar refractivity (Wildman–Crippen MR) is 91.3 cm³/mol. The number of halogens is 2. The van der Waals surface area contributed by atoms with Crippen LogP contribution in [-0.4, -0.2) is 28.6 Å². The minimum atomic E-state index is -0.820. The molecule has 3 atom stereocenters. The molecule has 0 saturated heterocycles. The lowest BCUT2D eigenvalue weighted by Gasteiger charge is -2.26. The molecule has 2 N–H and O–H groups in total. The number of hydrogen-bond acceptors (Lipinski definition) is 3. The smallest absolute Gasteiger partial charge is 0.139 e. The minimum absolute atomic E-state index is 0.0106. The van der Waals surface area contributed by atoms with Gasteiger partial charge in [-0.2, -0.15) is 0 Å². The van der Waals surface area contributed by atoms with Crippen LogP contribution >= 0.6 is 23.2 Å². The summed E-state index contributed by atoms with van der Waals surface area (Å²) in [5.74, 6) is -0.286. The first kappa shape index (κ1) is 17.9. The van der Waals surface area contributed by atoms with Crippen LogP contribution in [0.15, 0.2) is 36.5 Å². The van der Waals surface area contributed by atoms with Gasteiger partial charge in [0.25, 0.3) is 0 Å². The van der Waals surface area contributed by atoms with E-state index in [9.17, 15) is 9.90 Å². The van der Waals surface area contributed by atoms with Gasteiger partial charge in [0.05, 0.1) is 17.0 Å². The average molecular weight is 356 g/mol. The Kier molecular flexibility index (Phi) is 6.10. The number of ketones is 1. The van der Waals surface area contributed by atoms with Gasteiger partial charge < -0.3 is 14.8 Å². The second-order valence-electron chi connectivity index (χ2n) is 5.53. The second-order valence-corrected chi connectivity index (χ2v) is 6.37. The maximum atomic E-state index is 11.9. The Balaban J connectivity index is 2.03. The first-order chi connectivity index (χ1) is 10.9. The molecule has 0 aliphatic heterocycles. The number of H-pyrrole nitrogens is 1. The fourth-order valence-corrected chi connectivity index (χ4v) is 3.01. The van der Waals surface area contributed by atoms with Crippen LogP contribution in [0.1, 0.15) is 25.5 Å². The number of benzene rings is 1. The fourth-order valence-electron chi connectivity index (χ4n) is 2.55. The van der Waals surface area contributed by atoms with Crippen LogP contribution in [0, 0.1) is 5.92 Å². The number of aliphatic hydroxyl groups excluding tert-OH is 1. The summed E-state index contributed by atoms with van der Waals surface area (Å²) in [5, 5.41) is 11.3. The highest BCUT2D eigenvalue weighted by molar-refractivity contribution is 6.35. The van der Waals surface area contributed by atoms with E-state index >= 15 is 0 Å². The normalized spacial score (nSPS) is 15.0. The van der Waals surface area contributed by atoms with Crippen LogP contribution in [0.3, 0.4) is 0 Å². The number of aliphatic hydroxyl groups is 1. The number of carbonyl (C=O) groups excluding carboxylic acids is 1. The quantitative estimate of drug-likeness (QED) is 0.786. The van der Waals surface area contributed by atoms with Gasteiger partial charge in [-0.15, -0.1) is 0 Å². The summed E-state index contributed by atoms with van der Waals surface area (Å²) < 4.78 is 5.56. The van der Waals surface area contributed by atoms with Gasteiger partial charge in [-0.3, -0.25) is 4.79 Å². The largest absolute Gasteiger partial charge is 0.489 e. The number of nitrogens with one attached hydrogen (secondary N) is 1. The van der Waals surface area contributed by atoms with Gasteiger partial charge in [-0.05, 0) is 37.3 Å². The summed E-state index contributed by atoms with van der Waals surface area (Å²) in [6, 6.07) is 8.55. The van der Waals surface area contributed by atoms with Crippen molar-refractivity contribution in [1.82, 2.24) is 4.98 Å². The Hall–Kier alpha value is -1.49. The van der Waals surface area contributed by atoms with Crippen LogP contribution in [-0.2, 0) is 4.79 Å². The Labute approximate surface area is 145 Å². The van der Waals surface area contributed by atoms with Gasteiger partial charge in [0.1, 0.15) is 18.1 Å². The lowest BCUT2D eigenvalue weighted by atomic mass is 9.84. The Morgan fingerprint density at radius 1 is 1.35 bits per heavy atom. The van der Waals surface area contributed by atoms with E-state index in [0.717, 1.165) is 5.69 Å². The SMILES string of the molecule is CC(=O)C(c1ccc[nH]1)C(C)C(O)COc1ccc(Cl)cc1Cl. The third-order valence-electron chi connectivity index (χ3n) is 3.83. The standard InChI is InChI=1S/C17H19Cl2NO3/c1-10(17(11(2)21)14-4-3-7-20-14)15(22)9-23-16-6-5-12(18)8-13(16)19/h3-8,10,15,17,20,22H,9H2,1-2H3. The van der Waals surface area contributed by atoms with E-state index in [1.165, 1.54) is 6.92 Å². The van der Waals surface area contributed by atoms with Crippen LogP contribution < -0.4 is 4.74 Å². The van der Waals surface area contributed by atoms with Gasteiger partial charge in [0, 0.05) is 22.8 Å². The number of aromatic nitrogens is 1. The number of hydrogen-bond donors (Lipinski definition) is 2. The van der Waals surface area contributed by atoms with Crippen molar-refractivity contribution in [3.8, 4) is 5.75 Å². The first-order valence-corrected chi connectivity index (χ1v) is 8.05. The highest BCUT2D eigenvalue weighted by Gasteiger charge is 2.30. The lowest BCUT2D eigenvalue weighted by Crippen LogP contribution is -2.32. The number of rotatable bonds is 7. The monoisotopic (exact) mass is 355 g/mol. The molecule has 0 aliphatic carbocycles. The first-order valence-electron chi connectivity index (χ1n) is 7.29. The van der Waals surface area contributed by atoms with Gasteiger partial charge in [0.15, 0.2) is 0 Å². The Morgan fingerprint density at radius 3 is 2.65 bits per heavy atom. The summed E-state index contributed by atoms with van der Waals surface area (Å²) in [5.41, 5.74) is 0.786. The highest BCUT2D eigenvalue weighted by Crippen LogP contribution is 2.30. The van der Waals surface area contributed by atoms with Crippen LogP contribution in [0.25, 0.3) is 0 Å². The zero-order valence-electron chi connectivity index (χ0n) is 12.9. The van der Waals surface area contributed by atoms with E-state index < -0.39 is 12.0 Å². The number of Topliss-reactive ketones (excluding diaryl/α,β-unsaturated/α-hetero) is 1. The molecular weight excluding hydrogens is 337 g/mol. The molecule has 3 unspecified atom stereocenters. The summed E-state index contributed by atoms with van der Waals surface area (Å²) >= 11 is 11.9. The zero-order chi connectivity index (χ0) is 17.0. The Morgan fingerprint density at radius 2 is 2.09 bits per heavy atom. The van der Waals surface area contributed by atoms with Crippen molar-refractivity contribution in [3.05, 3.63) is 52.3 Å². The molecule has 0 bridgehead atoms.